The minimum absolute atomic E-state index is 0.0809. The molecule has 0 aromatic heterocycles. The van der Waals surface area contributed by atoms with Crippen molar-refractivity contribution in [3.63, 3.8) is 0 Å². The fourth-order valence-electron chi connectivity index (χ4n) is 1.87. The average Bonchev–Trinajstić information content (AvgIpc) is 2.61. The highest BCUT2D eigenvalue weighted by molar-refractivity contribution is 5.90. The van der Waals surface area contributed by atoms with Crippen LogP contribution in [0.1, 0.15) is 20.8 Å². The molecule has 3 atom stereocenters. The standard InChI is InChI=1S/C10H14O4/c1-10(2,3)14-9(12)7-5-4-13-8(11)6(5)7/h5-7H,4H2,1-3H3/t5-,6+,7+/m0/s1. The summed E-state index contributed by atoms with van der Waals surface area (Å²) in [5.74, 6) is -0.882. The van der Waals surface area contributed by atoms with E-state index in [1.807, 2.05) is 20.8 Å². The van der Waals surface area contributed by atoms with Gasteiger partial charge in [-0.05, 0) is 20.8 Å². The third-order valence-electron chi connectivity index (χ3n) is 2.54. The summed E-state index contributed by atoms with van der Waals surface area (Å²) >= 11 is 0. The van der Waals surface area contributed by atoms with Gasteiger partial charge in [0.05, 0.1) is 18.4 Å². The number of ether oxygens (including phenoxy) is 2. The normalized spacial score (nSPS) is 34.8. The summed E-state index contributed by atoms with van der Waals surface area (Å²) in [7, 11) is 0. The lowest BCUT2D eigenvalue weighted by Gasteiger charge is -2.19. The third-order valence-corrected chi connectivity index (χ3v) is 2.54. The van der Waals surface area contributed by atoms with Gasteiger partial charge in [-0.2, -0.15) is 0 Å². The van der Waals surface area contributed by atoms with Crippen LogP contribution in [0, 0.1) is 17.8 Å². The van der Waals surface area contributed by atoms with E-state index in [1.165, 1.54) is 0 Å². The van der Waals surface area contributed by atoms with Gasteiger partial charge in [0, 0.05) is 5.92 Å². The zero-order valence-electron chi connectivity index (χ0n) is 8.57. The summed E-state index contributed by atoms with van der Waals surface area (Å²) in [6, 6.07) is 0. The molecule has 1 aliphatic heterocycles. The van der Waals surface area contributed by atoms with E-state index in [2.05, 4.69) is 0 Å². The van der Waals surface area contributed by atoms with Gasteiger partial charge >= 0.3 is 11.9 Å². The minimum atomic E-state index is -0.474. The molecule has 78 valence electrons. The zero-order valence-corrected chi connectivity index (χ0v) is 8.57. The number of hydrogen-bond acceptors (Lipinski definition) is 4. The molecule has 0 bridgehead atoms. The second kappa shape index (κ2) is 2.72. The van der Waals surface area contributed by atoms with Crippen molar-refractivity contribution in [2.75, 3.05) is 6.61 Å². The van der Waals surface area contributed by atoms with Gasteiger partial charge in [0.1, 0.15) is 5.60 Å². The van der Waals surface area contributed by atoms with Crippen molar-refractivity contribution in [2.24, 2.45) is 17.8 Å². The van der Waals surface area contributed by atoms with Crippen molar-refractivity contribution < 1.29 is 19.1 Å². The quantitative estimate of drug-likeness (QED) is 0.583. The molecule has 0 N–H and O–H groups in total. The van der Waals surface area contributed by atoms with Crippen LogP contribution in [0.15, 0.2) is 0 Å². The zero-order chi connectivity index (χ0) is 10.5. The molecule has 0 spiro atoms. The maximum absolute atomic E-state index is 11.6. The number of rotatable bonds is 1. The smallest absolute Gasteiger partial charge is 0.310 e. The Labute approximate surface area is 82.6 Å². The number of carbonyl (C=O) groups excluding carboxylic acids is 2. The summed E-state index contributed by atoms with van der Waals surface area (Å²) in [6.45, 7) is 5.84. The van der Waals surface area contributed by atoms with Crippen molar-refractivity contribution in [1.82, 2.24) is 0 Å². The van der Waals surface area contributed by atoms with E-state index in [0.29, 0.717) is 6.61 Å². The van der Waals surface area contributed by atoms with Gasteiger partial charge in [0.15, 0.2) is 0 Å². The lowest BCUT2D eigenvalue weighted by atomic mass is 10.2. The summed E-state index contributed by atoms with van der Waals surface area (Å²) in [4.78, 5) is 22.6. The van der Waals surface area contributed by atoms with Crippen molar-refractivity contribution in [1.29, 1.82) is 0 Å². The Morgan fingerprint density at radius 2 is 2.14 bits per heavy atom. The lowest BCUT2D eigenvalue weighted by molar-refractivity contribution is -0.160. The van der Waals surface area contributed by atoms with Crippen LogP contribution in [0.25, 0.3) is 0 Å². The predicted octanol–water partition coefficient (Wildman–Crippen LogP) is 0.747. The number of hydrogen-bond donors (Lipinski definition) is 0. The Hall–Kier alpha value is -1.06. The van der Waals surface area contributed by atoms with Crippen LogP contribution in [0.4, 0.5) is 0 Å². The Morgan fingerprint density at radius 3 is 2.57 bits per heavy atom. The third kappa shape index (κ3) is 1.49. The van der Waals surface area contributed by atoms with E-state index in [0.717, 1.165) is 0 Å². The first-order valence-electron chi connectivity index (χ1n) is 4.79. The highest BCUT2D eigenvalue weighted by Crippen LogP contribution is 2.52. The fraction of sp³-hybridized carbons (Fsp3) is 0.800. The maximum Gasteiger partial charge on any atom is 0.310 e. The second-order valence-corrected chi connectivity index (χ2v) is 4.88. The first kappa shape index (κ1) is 9.49. The van der Waals surface area contributed by atoms with Gasteiger partial charge in [-0.25, -0.2) is 0 Å². The maximum atomic E-state index is 11.6. The first-order valence-corrected chi connectivity index (χ1v) is 4.79. The summed E-state index contributed by atoms with van der Waals surface area (Å²) < 4.78 is 9.98. The molecule has 14 heavy (non-hydrogen) atoms. The van der Waals surface area contributed by atoms with Gasteiger partial charge in [-0.1, -0.05) is 0 Å². The summed E-state index contributed by atoms with van der Waals surface area (Å²) in [5.41, 5.74) is -0.474. The molecule has 0 unspecified atom stereocenters. The van der Waals surface area contributed by atoms with Gasteiger partial charge in [-0.15, -0.1) is 0 Å². The molecule has 2 fully saturated rings. The Bertz CT molecular complexity index is 289. The number of fused-ring (bicyclic) bond motifs is 1. The lowest BCUT2D eigenvalue weighted by Crippen LogP contribution is -2.27. The van der Waals surface area contributed by atoms with Gasteiger partial charge in [-0.3, -0.25) is 9.59 Å². The molecule has 1 saturated heterocycles. The Morgan fingerprint density at radius 1 is 1.50 bits per heavy atom. The molecular weight excluding hydrogens is 184 g/mol. The average molecular weight is 198 g/mol. The summed E-state index contributed by atoms with van der Waals surface area (Å²) in [6.07, 6.45) is 0. The highest BCUT2D eigenvalue weighted by atomic mass is 16.6. The molecular formula is C10H14O4. The number of cyclic esters (lactones) is 1. The van der Waals surface area contributed by atoms with Crippen molar-refractivity contribution in [2.45, 2.75) is 26.4 Å². The van der Waals surface area contributed by atoms with E-state index >= 15 is 0 Å². The Balaban J connectivity index is 1.94. The second-order valence-electron chi connectivity index (χ2n) is 4.88. The summed E-state index contributed by atoms with van der Waals surface area (Å²) in [5, 5.41) is 0. The van der Waals surface area contributed by atoms with E-state index < -0.39 is 5.60 Å². The first-order chi connectivity index (χ1) is 6.40. The van der Waals surface area contributed by atoms with Gasteiger partial charge in [0.2, 0.25) is 0 Å². The van der Waals surface area contributed by atoms with Crippen molar-refractivity contribution in [3.8, 4) is 0 Å². The SMILES string of the molecule is CC(C)(C)OC(=O)[C@@H]1[C@H]2COC(=O)[C@H]21. The molecule has 1 aliphatic carbocycles. The van der Waals surface area contributed by atoms with Gasteiger partial charge < -0.3 is 9.47 Å². The van der Waals surface area contributed by atoms with Gasteiger partial charge in [0.25, 0.3) is 0 Å². The molecule has 4 nitrogen and oxygen atoms in total. The topological polar surface area (TPSA) is 52.6 Å². The van der Waals surface area contributed by atoms with Crippen molar-refractivity contribution >= 4 is 11.9 Å². The van der Waals surface area contributed by atoms with E-state index in [9.17, 15) is 9.59 Å². The van der Waals surface area contributed by atoms with Crippen LogP contribution in [0.2, 0.25) is 0 Å². The number of carbonyl (C=O) groups is 2. The highest BCUT2D eigenvalue weighted by Gasteiger charge is 2.65. The van der Waals surface area contributed by atoms with E-state index in [4.69, 9.17) is 9.47 Å². The molecule has 1 saturated carbocycles. The predicted molar refractivity (Wildman–Crippen MR) is 47.3 cm³/mol. The molecule has 0 amide bonds. The van der Waals surface area contributed by atoms with Crippen LogP contribution >= 0.6 is 0 Å². The van der Waals surface area contributed by atoms with Crippen LogP contribution in [-0.4, -0.2) is 24.1 Å². The monoisotopic (exact) mass is 198 g/mol. The fourth-order valence-corrected chi connectivity index (χ4v) is 1.87. The molecule has 0 aromatic rings. The van der Waals surface area contributed by atoms with Crippen LogP contribution < -0.4 is 0 Å². The Kier molecular flexibility index (Phi) is 1.84. The molecule has 2 rings (SSSR count). The van der Waals surface area contributed by atoms with Crippen molar-refractivity contribution in [3.05, 3.63) is 0 Å². The van der Waals surface area contributed by atoms with E-state index in [1.54, 1.807) is 0 Å². The molecule has 2 aliphatic rings. The minimum Gasteiger partial charge on any atom is -0.465 e. The molecule has 4 heteroatoms. The number of esters is 2. The van der Waals surface area contributed by atoms with Crippen LogP contribution in [0.3, 0.4) is 0 Å². The molecule has 1 heterocycles. The largest absolute Gasteiger partial charge is 0.465 e. The molecule has 0 aromatic carbocycles. The molecule has 0 radical (unpaired) electrons. The van der Waals surface area contributed by atoms with Crippen LogP contribution in [-0.2, 0) is 19.1 Å². The van der Waals surface area contributed by atoms with Crippen LogP contribution in [0.5, 0.6) is 0 Å². The van der Waals surface area contributed by atoms with E-state index in [-0.39, 0.29) is 29.7 Å².